The molecule has 4 rings (SSSR count). The lowest BCUT2D eigenvalue weighted by molar-refractivity contribution is 0.0666. The average molecular weight is 393 g/mol. The molecular weight excluding hydrogens is 372 g/mol. The molecule has 5 heteroatoms. The van der Waals surface area contributed by atoms with Crippen LogP contribution < -0.4 is 10.1 Å². The Morgan fingerprint density at radius 2 is 1.71 bits per heavy atom. The first-order valence-electron chi connectivity index (χ1n) is 9.29. The predicted octanol–water partition coefficient (Wildman–Crippen LogP) is 5.51. The summed E-state index contributed by atoms with van der Waals surface area (Å²) in [5.74, 6) is 0.821. The molecule has 142 valence electrons. The Morgan fingerprint density at radius 1 is 1.00 bits per heavy atom. The Labute approximate surface area is 169 Å². The molecule has 3 aromatic carbocycles. The van der Waals surface area contributed by atoms with Gasteiger partial charge >= 0.3 is 0 Å². The summed E-state index contributed by atoms with van der Waals surface area (Å²) in [6.45, 7) is 3.06. The number of carbonyl (C=O) groups excluding carboxylic acids is 1. The third-order valence-corrected chi connectivity index (χ3v) is 5.05. The first kappa shape index (κ1) is 18.4. The van der Waals surface area contributed by atoms with Gasteiger partial charge in [-0.2, -0.15) is 0 Å². The zero-order valence-corrected chi connectivity index (χ0v) is 16.3. The van der Waals surface area contributed by atoms with Crippen LogP contribution in [0.5, 0.6) is 5.75 Å². The molecule has 1 atom stereocenters. The van der Waals surface area contributed by atoms with Gasteiger partial charge < -0.3 is 15.0 Å². The molecule has 0 aromatic heterocycles. The fourth-order valence-electron chi connectivity index (χ4n) is 3.42. The van der Waals surface area contributed by atoms with E-state index >= 15 is 0 Å². The molecule has 3 aromatic rings. The fraction of sp³-hybridized carbons (Fsp3) is 0.174. The maximum atomic E-state index is 13.3. The van der Waals surface area contributed by atoms with Gasteiger partial charge in [0.15, 0.2) is 0 Å². The summed E-state index contributed by atoms with van der Waals surface area (Å²) in [5.41, 5.74) is 3.55. The Kier molecular flexibility index (Phi) is 5.22. The van der Waals surface area contributed by atoms with Crippen molar-refractivity contribution in [1.29, 1.82) is 0 Å². The smallest absolute Gasteiger partial charge is 0.258 e. The maximum absolute atomic E-state index is 13.3. The van der Waals surface area contributed by atoms with Gasteiger partial charge in [-0.15, -0.1) is 0 Å². The minimum Gasteiger partial charge on any atom is -0.494 e. The van der Waals surface area contributed by atoms with E-state index in [1.54, 1.807) is 0 Å². The van der Waals surface area contributed by atoms with E-state index in [1.165, 1.54) is 0 Å². The monoisotopic (exact) mass is 392 g/mol. The molecule has 0 saturated carbocycles. The molecule has 0 aliphatic carbocycles. The first-order chi connectivity index (χ1) is 13.7. The van der Waals surface area contributed by atoms with E-state index in [9.17, 15) is 4.79 Å². The van der Waals surface area contributed by atoms with E-state index in [2.05, 4.69) is 5.32 Å². The Morgan fingerprint density at radius 3 is 2.43 bits per heavy atom. The zero-order valence-electron chi connectivity index (χ0n) is 15.6. The normalized spacial score (nSPS) is 15.7. The highest BCUT2D eigenvalue weighted by molar-refractivity contribution is 6.30. The number of fused-ring (bicyclic) bond motifs is 1. The van der Waals surface area contributed by atoms with Crippen LogP contribution in [0.15, 0.2) is 72.8 Å². The largest absolute Gasteiger partial charge is 0.494 e. The van der Waals surface area contributed by atoms with Gasteiger partial charge in [-0.05, 0) is 54.4 Å². The summed E-state index contributed by atoms with van der Waals surface area (Å²) < 4.78 is 5.55. The Balaban J connectivity index is 1.70. The molecule has 0 saturated heterocycles. The maximum Gasteiger partial charge on any atom is 0.258 e. The van der Waals surface area contributed by atoms with Crippen molar-refractivity contribution in [3.8, 4) is 5.75 Å². The van der Waals surface area contributed by atoms with Crippen molar-refractivity contribution >= 4 is 23.2 Å². The van der Waals surface area contributed by atoms with Crippen LogP contribution in [-0.4, -0.2) is 17.4 Å². The third kappa shape index (κ3) is 3.69. The van der Waals surface area contributed by atoms with Crippen molar-refractivity contribution < 1.29 is 9.53 Å². The SMILES string of the molecule is CCOc1ccc(C2Nc3ccccc3C(=O)N2Cc2ccc(Cl)cc2)cc1. The molecule has 28 heavy (non-hydrogen) atoms. The van der Waals surface area contributed by atoms with Crippen molar-refractivity contribution in [2.24, 2.45) is 0 Å². The quantitative estimate of drug-likeness (QED) is 0.622. The molecule has 1 heterocycles. The van der Waals surface area contributed by atoms with E-state index < -0.39 is 0 Å². The average Bonchev–Trinajstić information content (AvgIpc) is 2.72. The summed E-state index contributed by atoms with van der Waals surface area (Å²) >= 11 is 6.01. The second-order valence-electron chi connectivity index (χ2n) is 6.65. The van der Waals surface area contributed by atoms with E-state index in [0.717, 1.165) is 22.6 Å². The highest BCUT2D eigenvalue weighted by Gasteiger charge is 2.32. The number of hydrogen-bond acceptors (Lipinski definition) is 3. The molecule has 1 N–H and O–H groups in total. The summed E-state index contributed by atoms with van der Waals surface area (Å²) in [5, 5.41) is 4.20. The fourth-order valence-corrected chi connectivity index (χ4v) is 3.54. The minimum atomic E-state index is -0.270. The molecule has 0 fully saturated rings. The number of halogens is 1. The Bertz CT molecular complexity index is 971. The van der Waals surface area contributed by atoms with Crippen molar-refractivity contribution in [2.45, 2.75) is 19.6 Å². The van der Waals surface area contributed by atoms with Gasteiger partial charge in [0.05, 0.1) is 12.2 Å². The van der Waals surface area contributed by atoms with Crippen LogP contribution in [0, 0.1) is 0 Å². The van der Waals surface area contributed by atoms with Crippen LogP contribution in [0.25, 0.3) is 0 Å². The van der Waals surface area contributed by atoms with E-state index in [1.807, 2.05) is 84.6 Å². The van der Waals surface area contributed by atoms with Gasteiger partial charge in [0.25, 0.3) is 5.91 Å². The van der Waals surface area contributed by atoms with Gasteiger partial charge in [0, 0.05) is 17.3 Å². The van der Waals surface area contributed by atoms with Crippen molar-refractivity contribution in [3.05, 3.63) is 94.5 Å². The van der Waals surface area contributed by atoms with Gasteiger partial charge in [-0.3, -0.25) is 4.79 Å². The van der Waals surface area contributed by atoms with Gasteiger partial charge in [-0.1, -0.05) is 48.0 Å². The molecule has 1 unspecified atom stereocenters. The number of amides is 1. The van der Waals surface area contributed by atoms with Gasteiger partial charge in [-0.25, -0.2) is 0 Å². The first-order valence-corrected chi connectivity index (χ1v) is 9.67. The summed E-state index contributed by atoms with van der Waals surface area (Å²) in [6, 6.07) is 23.1. The highest BCUT2D eigenvalue weighted by Crippen LogP contribution is 2.34. The van der Waals surface area contributed by atoms with E-state index in [0.29, 0.717) is 23.7 Å². The number of ether oxygens (including phenoxy) is 1. The second-order valence-corrected chi connectivity index (χ2v) is 7.09. The molecule has 0 radical (unpaired) electrons. The molecule has 1 aliphatic heterocycles. The predicted molar refractivity (Wildman–Crippen MR) is 112 cm³/mol. The van der Waals surface area contributed by atoms with Gasteiger partial charge in [0.1, 0.15) is 11.9 Å². The lowest BCUT2D eigenvalue weighted by Crippen LogP contribution is -2.42. The summed E-state index contributed by atoms with van der Waals surface area (Å²) in [7, 11) is 0. The van der Waals surface area contributed by atoms with Gasteiger partial charge in [0.2, 0.25) is 0 Å². The van der Waals surface area contributed by atoms with Crippen LogP contribution in [0.3, 0.4) is 0 Å². The van der Waals surface area contributed by atoms with E-state index in [-0.39, 0.29) is 12.1 Å². The molecule has 1 amide bonds. The molecule has 0 bridgehead atoms. The van der Waals surface area contributed by atoms with Crippen molar-refractivity contribution in [2.75, 3.05) is 11.9 Å². The topological polar surface area (TPSA) is 41.6 Å². The van der Waals surface area contributed by atoms with Crippen LogP contribution in [0.4, 0.5) is 5.69 Å². The molecular formula is C23H21ClN2O2. The third-order valence-electron chi connectivity index (χ3n) is 4.80. The van der Waals surface area contributed by atoms with Crippen molar-refractivity contribution in [1.82, 2.24) is 4.90 Å². The number of para-hydroxylation sites is 1. The number of hydrogen-bond donors (Lipinski definition) is 1. The Hall–Kier alpha value is -2.98. The number of carbonyl (C=O) groups is 1. The van der Waals surface area contributed by atoms with Crippen LogP contribution >= 0.6 is 11.6 Å². The lowest BCUT2D eigenvalue weighted by atomic mass is 10.0. The van der Waals surface area contributed by atoms with E-state index in [4.69, 9.17) is 16.3 Å². The standard InChI is InChI=1S/C23H21ClN2O2/c1-2-28-19-13-9-17(10-14-19)22-25-21-6-4-3-5-20(21)23(27)26(22)15-16-7-11-18(24)12-8-16/h3-14,22,25H,2,15H2,1H3. The van der Waals surface area contributed by atoms with Crippen molar-refractivity contribution in [3.63, 3.8) is 0 Å². The summed E-state index contributed by atoms with van der Waals surface area (Å²) in [4.78, 5) is 15.1. The number of benzene rings is 3. The number of nitrogens with zero attached hydrogens (tertiary/aromatic N) is 1. The highest BCUT2D eigenvalue weighted by atomic mass is 35.5. The minimum absolute atomic E-state index is 0.00295. The zero-order chi connectivity index (χ0) is 19.5. The van der Waals surface area contributed by atoms with Crippen LogP contribution in [0.2, 0.25) is 5.02 Å². The summed E-state index contributed by atoms with van der Waals surface area (Å²) in [6.07, 6.45) is -0.270. The molecule has 4 nitrogen and oxygen atoms in total. The molecule has 0 spiro atoms. The number of rotatable bonds is 5. The molecule has 1 aliphatic rings. The van der Waals surface area contributed by atoms with Crippen LogP contribution in [-0.2, 0) is 6.54 Å². The lowest BCUT2D eigenvalue weighted by Gasteiger charge is -2.38. The number of anilines is 1. The number of nitrogens with one attached hydrogen (secondary N) is 1. The van der Waals surface area contributed by atoms with Crippen LogP contribution in [0.1, 0.15) is 34.6 Å². The second kappa shape index (κ2) is 7.95.